The molecule has 8 heteroatoms. The smallest absolute Gasteiger partial charge is 0.461 e. The lowest BCUT2D eigenvalue weighted by Gasteiger charge is -2.20. The van der Waals surface area contributed by atoms with Crippen molar-refractivity contribution in [3.05, 3.63) is 23.8 Å². The Morgan fingerprint density at radius 2 is 1.42 bits per heavy atom. The molecule has 0 saturated carbocycles. The van der Waals surface area contributed by atoms with E-state index >= 15 is 0 Å². The Labute approximate surface area is 104 Å². The summed E-state index contributed by atoms with van der Waals surface area (Å²) < 4.78 is 71.9. The van der Waals surface area contributed by atoms with Crippen LogP contribution >= 0.6 is 0 Å². The Bertz CT molecular complexity index is 459. The van der Waals surface area contributed by atoms with Crippen LogP contribution in [0.5, 0.6) is 11.5 Å². The molecule has 0 N–H and O–H groups in total. The van der Waals surface area contributed by atoms with Crippen molar-refractivity contribution in [2.24, 2.45) is 0 Å². The zero-order chi connectivity index (χ0) is 14.8. The number of halogens is 5. The molecule has 0 aromatic heterocycles. The fraction of sp³-hybridized carbons (Fsp3) is 0.364. The zero-order valence-corrected chi connectivity index (χ0v) is 9.85. The number of carbonyl (C=O) groups excluding carboxylic acids is 1. The number of ketones is 1. The molecule has 1 aromatic carbocycles. The Morgan fingerprint density at radius 3 is 1.74 bits per heavy atom. The summed E-state index contributed by atoms with van der Waals surface area (Å²) in [5.74, 6) is -8.79. The standard InChI is InChI=1S/C11H9F5O3/c1-18-6-4-3-5-7(19-2)8(6)9(17)10(12,13)11(14,15)16/h3-5H,1-2H3. The van der Waals surface area contributed by atoms with E-state index in [1.165, 1.54) is 6.07 Å². The third kappa shape index (κ3) is 2.61. The summed E-state index contributed by atoms with van der Waals surface area (Å²) in [4.78, 5) is 11.4. The Hall–Kier alpha value is -1.86. The molecule has 0 heterocycles. The highest BCUT2D eigenvalue weighted by atomic mass is 19.4. The molecule has 0 unspecified atom stereocenters. The van der Waals surface area contributed by atoms with Gasteiger partial charge in [0.2, 0.25) is 5.78 Å². The Kier molecular flexibility index (Phi) is 4.02. The van der Waals surface area contributed by atoms with Gasteiger partial charge in [-0.25, -0.2) is 0 Å². The molecule has 0 fully saturated rings. The highest BCUT2D eigenvalue weighted by molar-refractivity contribution is 6.06. The first kappa shape index (κ1) is 15.2. The van der Waals surface area contributed by atoms with Crippen molar-refractivity contribution in [1.29, 1.82) is 0 Å². The van der Waals surface area contributed by atoms with Crippen molar-refractivity contribution in [1.82, 2.24) is 0 Å². The summed E-state index contributed by atoms with van der Waals surface area (Å²) in [6.45, 7) is 0. The lowest BCUT2D eigenvalue weighted by molar-refractivity contribution is -0.255. The topological polar surface area (TPSA) is 35.5 Å². The molecular formula is C11H9F5O3. The van der Waals surface area contributed by atoms with Crippen molar-refractivity contribution >= 4 is 5.78 Å². The minimum absolute atomic E-state index is 0.423. The number of carbonyl (C=O) groups is 1. The number of ether oxygens (including phenoxy) is 2. The van der Waals surface area contributed by atoms with E-state index in [1.54, 1.807) is 0 Å². The molecule has 0 amide bonds. The van der Waals surface area contributed by atoms with E-state index in [0.29, 0.717) is 0 Å². The molecule has 19 heavy (non-hydrogen) atoms. The van der Waals surface area contributed by atoms with Crippen molar-refractivity contribution in [2.45, 2.75) is 12.1 Å². The predicted molar refractivity (Wildman–Crippen MR) is 54.9 cm³/mol. The lowest BCUT2D eigenvalue weighted by atomic mass is 10.0. The average molecular weight is 284 g/mol. The summed E-state index contributed by atoms with van der Waals surface area (Å²) in [7, 11) is 2.08. The van der Waals surface area contributed by atoms with Crippen LogP contribution in [0.1, 0.15) is 10.4 Å². The maximum absolute atomic E-state index is 13.1. The van der Waals surface area contributed by atoms with Crippen molar-refractivity contribution < 1.29 is 36.2 Å². The number of benzene rings is 1. The normalized spacial score (nSPS) is 12.2. The molecular weight excluding hydrogens is 275 g/mol. The number of rotatable bonds is 4. The van der Waals surface area contributed by atoms with Crippen LogP contribution in [0.4, 0.5) is 22.0 Å². The van der Waals surface area contributed by atoms with Gasteiger partial charge in [-0.3, -0.25) is 4.79 Å². The fourth-order valence-electron chi connectivity index (χ4n) is 1.36. The van der Waals surface area contributed by atoms with E-state index in [9.17, 15) is 26.7 Å². The maximum atomic E-state index is 13.1. The molecule has 0 aliphatic heterocycles. The number of hydrogen-bond acceptors (Lipinski definition) is 3. The van der Waals surface area contributed by atoms with Gasteiger partial charge in [0.1, 0.15) is 17.1 Å². The van der Waals surface area contributed by atoms with Gasteiger partial charge >= 0.3 is 12.1 Å². The van der Waals surface area contributed by atoms with Crippen LogP contribution < -0.4 is 9.47 Å². The minimum Gasteiger partial charge on any atom is -0.496 e. The van der Waals surface area contributed by atoms with Crippen LogP contribution in [0, 0.1) is 0 Å². The van der Waals surface area contributed by atoms with E-state index < -0.39 is 34.9 Å². The first-order valence-electron chi connectivity index (χ1n) is 4.87. The van der Waals surface area contributed by atoms with Crippen LogP contribution in [0.3, 0.4) is 0 Å². The van der Waals surface area contributed by atoms with Gasteiger partial charge < -0.3 is 9.47 Å². The van der Waals surface area contributed by atoms with E-state index in [2.05, 4.69) is 9.47 Å². The molecule has 0 radical (unpaired) electrons. The second kappa shape index (κ2) is 5.02. The summed E-state index contributed by atoms with van der Waals surface area (Å²) in [6, 6.07) is 3.46. The second-order valence-electron chi connectivity index (χ2n) is 3.44. The van der Waals surface area contributed by atoms with E-state index in [4.69, 9.17) is 0 Å². The number of methoxy groups -OCH3 is 2. The summed E-state index contributed by atoms with van der Waals surface area (Å²) in [5, 5.41) is 0. The quantitative estimate of drug-likeness (QED) is 0.629. The van der Waals surface area contributed by atoms with Crippen LogP contribution in [-0.2, 0) is 0 Å². The van der Waals surface area contributed by atoms with Gasteiger partial charge in [-0.15, -0.1) is 0 Å². The van der Waals surface area contributed by atoms with Crippen LogP contribution in [-0.4, -0.2) is 32.1 Å². The van der Waals surface area contributed by atoms with Crippen LogP contribution in [0.25, 0.3) is 0 Å². The lowest BCUT2D eigenvalue weighted by Crippen LogP contribution is -2.44. The monoisotopic (exact) mass is 284 g/mol. The number of Topliss-reactive ketones (excluding diaryl/α,β-unsaturated/α-hetero) is 1. The molecule has 3 nitrogen and oxygen atoms in total. The zero-order valence-electron chi connectivity index (χ0n) is 9.85. The van der Waals surface area contributed by atoms with Crippen molar-refractivity contribution in [3.8, 4) is 11.5 Å². The largest absolute Gasteiger partial charge is 0.496 e. The second-order valence-corrected chi connectivity index (χ2v) is 3.44. The van der Waals surface area contributed by atoms with Crippen LogP contribution in [0.2, 0.25) is 0 Å². The third-order valence-corrected chi connectivity index (χ3v) is 2.30. The summed E-state index contributed by atoms with van der Waals surface area (Å²) >= 11 is 0. The van der Waals surface area contributed by atoms with E-state index in [-0.39, 0.29) is 0 Å². The average Bonchev–Trinajstić information content (AvgIpc) is 2.35. The molecule has 0 saturated heterocycles. The first-order chi connectivity index (χ1) is 8.66. The predicted octanol–water partition coefficient (Wildman–Crippen LogP) is 3.08. The molecule has 1 rings (SSSR count). The molecule has 1 aromatic rings. The Balaban J connectivity index is 3.42. The third-order valence-electron chi connectivity index (χ3n) is 2.30. The van der Waals surface area contributed by atoms with E-state index in [0.717, 1.165) is 26.4 Å². The molecule has 0 bridgehead atoms. The van der Waals surface area contributed by atoms with Gasteiger partial charge in [-0.1, -0.05) is 6.07 Å². The number of hydrogen-bond donors (Lipinski definition) is 0. The molecule has 0 spiro atoms. The highest BCUT2D eigenvalue weighted by Gasteiger charge is 2.64. The number of alkyl halides is 5. The highest BCUT2D eigenvalue weighted by Crippen LogP contribution is 2.41. The first-order valence-corrected chi connectivity index (χ1v) is 4.87. The maximum Gasteiger partial charge on any atom is 0.461 e. The summed E-state index contributed by atoms with van der Waals surface area (Å²) in [6.07, 6.45) is -5.99. The van der Waals surface area contributed by atoms with Gasteiger partial charge in [-0.05, 0) is 12.1 Å². The van der Waals surface area contributed by atoms with Crippen molar-refractivity contribution in [3.63, 3.8) is 0 Å². The summed E-state index contributed by atoms with van der Waals surface area (Å²) in [5.41, 5.74) is -0.949. The fourth-order valence-corrected chi connectivity index (χ4v) is 1.36. The van der Waals surface area contributed by atoms with Crippen LogP contribution in [0.15, 0.2) is 18.2 Å². The van der Waals surface area contributed by atoms with Gasteiger partial charge in [0.25, 0.3) is 0 Å². The van der Waals surface area contributed by atoms with Gasteiger partial charge in [0.15, 0.2) is 0 Å². The molecule has 0 aliphatic carbocycles. The van der Waals surface area contributed by atoms with Gasteiger partial charge in [-0.2, -0.15) is 22.0 Å². The van der Waals surface area contributed by atoms with Gasteiger partial charge in [0, 0.05) is 0 Å². The Morgan fingerprint density at radius 1 is 1.00 bits per heavy atom. The molecule has 0 atom stereocenters. The molecule has 0 aliphatic rings. The minimum atomic E-state index is -5.99. The molecule has 106 valence electrons. The van der Waals surface area contributed by atoms with E-state index in [1.807, 2.05) is 0 Å². The van der Waals surface area contributed by atoms with Gasteiger partial charge in [0.05, 0.1) is 14.2 Å². The van der Waals surface area contributed by atoms with Crippen molar-refractivity contribution in [2.75, 3.05) is 14.2 Å². The SMILES string of the molecule is COc1cccc(OC)c1C(=O)C(F)(F)C(F)(F)F.